The lowest BCUT2D eigenvalue weighted by Gasteiger charge is -2.34. The summed E-state index contributed by atoms with van der Waals surface area (Å²) >= 11 is 0. The summed E-state index contributed by atoms with van der Waals surface area (Å²) in [7, 11) is -0.848. The van der Waals surface area contributed by atoms with Crippen LogP contribution < -0.4 is 19.1 Å². The van der Waals surface area contributed by atoms with E-state index in [1.165, 1.54) is 12.0 Å². The van der Waals surface area contributed by atoms with Crippen LogP contribution in [-0.2, 0) is 26.2 Å². The van der Waals surface area contributed by atoms with Gasteiger partial charge in [0.1, 0.15) is 24.1 Å². The number of hydrogen-bond donors (Lipinski definition) is 1. The van der Waals surface area contributed by atoms with Gasteiger partial charge in [-0.1, -0.05) is 50.5 Å². The number of ether oxygens (including phenoxy) is 2. The monoisotopic (exact) mass is 545 g/mol. The van der Waals surface area contributed by atoms with E-state index in [1.807, 2.05) is 19.1 Å². The number of carbonyl (C=O) groups is 2. The molecule has 0 aromatic heterocycles. The molecule has 0 unspecified atom stereocenters. The second-order valence-electron chi connectivity index (χ2n) is 9.58. The van der Waals surface area contributed by atoms with Gasteiger partial charge in [-0.2, -0.15) is 0 Å². The maximum atomic E-state index is 13.9. The lowest BCUT2D eigenvalue weighted by atomic mass is 9.95. The molecule has 2 amide bonds. The van der Waals surface area contributed by atoms with E-state index in [0.717, 1.165) is 48.2 Å². The summed E-state index contributed by atoms with van der Waals surface area (Å²) in [6, 6.07) is 13.2. The van der Waals surface area contributed by atoms with Crippen molar-refractivity contribution < 1.29 is 27.5 Å². The SMILES string of the molecule is CC[C@@H](C(=O)NC1CCCCC1)N(Cc1cccc(OC)c1)C(=O)CN(c1ccccc1OC)S(C)(=O)=O. The first kappa shape index (κ1) is 29.3. The number of nitrogens with one attached hydrogen (secondary N) is 1. The molecule has 2 aromatic carbocycles. The van der Waals surface area contributed by atoms with Gasteiger partial charge in [0.15, 0.2) is 0 Å². The number of amides is 2. The molecule has 2 aromatic rings. The van der Waals surface area contributed by atoms with E-state index in [2.05, 4.69) is 5.32 Å². The van der Waals surface area contributed by atoms with E-state index in [-0.39, 0.29) is 24.2 Å². The predicted octanol–water partition coefficient (Wildman–Crippen LogP) is 3.73. The lowest BCUT2D eigenvalue weighted by Crippen LogP contribution is -2.54. The van der Waals surface area contributed by atoms with Crippen molar-refractivity contribution in [1.29, 1.82) is 0 Å². The molecule has 0 spiro atoms. The minimum atomic E-state index is -3.85. The number of para-hydroxylation sites is 2. The fourth-order valence-corrected chi connectivity index (χ4v) is 5.71. The van der Waals surface area contributed by atoms with Gasteiger partial charge in [-0.05, 0) is 49.1 Å². The normalized spacial score (nSPS) is 14.8. The van der Waals surface area contributed by atoms with Crippen molar-refractivity contribution >= 4 is 27.5 Å². The minimum absolute atomic E-state index is 0.0835. The Labute approximate surface area is 226 Å². The van der Waals surface area contributed by atoms with Crippen LogP contribution >= 0.6 is 0 Å². The second kappa shape index (κ2) is 13.5. The maximum absolute atomic E-state index is 13.9. The number of benzene rings is 2. The van der Waals surface area contributed by atoms with E-state index in [9.17, 15) is 18.0 Å². The second-order valence-corrected chi connectivity index (χ2v) is 11.5. The van der Waals surface area contributed by atoms with Crippen LogP contribution in [0.5, 0.6) is 11.5 Å². The molecule has 38 heavy (non-hydrogen) atoms. The molecule has 1 saturated carbocycles. The van der Waals surface area contributed by atoms with Crippen molar-refractivity contribution in [3.8, 4) is 11.5 Å². The molecule has 3 rings (SSSR count). The number of methoxy groups -OCH3 is 2. The molecule has 0 heterocycles. The Hall–Kier alpha value is -3.27. The zero-order chi connectivity index (χ0) is 27.7. The summed E-state index contributed by atoms with van der Waals surface area (Å²) < 4.78 is 37.4. The van der Waals surface area contributed by atoms with E-state index >= 15 is 0 Å². The largest absolute Gasteiger partial charge is 0.497 e. The van der Waals surface area contributed by atoms with Gasteiger partial charge in [-0.25, -0.2) is 8.42 Å². The first-order chi connectivity index (χ1) is 18.2. The summed E-state index contributed by atoms with van der Waals surface area (Å²) in [6.07, 6.45) is 6.55. The zero-order valence-corrected chi connectivity index (χ0v) is 23.5. The molecule has 0 saturated heterocycles. The first-order valence-corrected chi connectivity index (χ1v) is 14.9. The quantitative estimate of drug-likeness (QED) is 0.436. The molecule has 1 aliphatic carbocycles. The summed E-state index contributed by atoms with van der Waals surface area (Å²) in [5.41, 5.74) is 1.02. The standard InChI is InChI=1S/C28H39N3O6S/c1-5-24(28(33)29-22-13-7-6-8-14-22)30(19-21-12-11-15-23(18-21)36-2)27(32)20-31(38(4,34)35)25-16-9-10-17-26(25)37-3/h9-12,15-18,22,24H,5-8,13-14,19-20H2,1-4H3,(H,29,33)/t24-/m0/s1. The van der Waals surface area contributed by atoms with Gasteiger partial charge in [0.2, 0.25) is 21.8 Å². The molecular formula is C28H39N3O6S. The van der Waals surface area contributed by atoms with Crippen LogP contribution in [0.2, 0.25) is 0 Å². The van der Waals surface area contributed by atoms with Crippen LogP contribution in [0.25, 0.3) is 0 Å². The predicted molar refractivity (Wildman–Crippen MR) is 148 cm³/mol. The number of sulfonamides is 1. The average molecular weight is 546 g/mol. The molecule has 0 aliphatic heterocycles. The van der Waals surface area contributed by atoms with Crippen LogP contribution in [0, 0.1) is 0 Å². The number of rotatable bonds is 12. The van der Waals surface area contributed by atoms with Crippen molar-refractivity contribution in [1.82, 2.24) is 10.2 Å². The van der Waals surface area contributed by atoms with Crippen molar-refractivity contribution in [3.63, 3.8) is 0 Å². The van der Waals surface area contributed by atoms with Crippen molar-refractivity contribution in [2.45, 2.75) is 64.1 Å². The van der Waals surface area contributed by atoms with Crippen LogP contribution in [0.15, 0.2) is 48.5 Å². The number of carbonyl (C=O) groups excluding carboxylic acids is 2. The van der Waals surface area contributed by atoms with E-state index < -0.39 is 28.5 Å². The first-order valence-electron chi connectivity index (χ1n) is 13.0. The Bertz CT molecular complexity index is 1200. The number of hydrogen-bond acceptors (Lipinski definition) is 6. The van der Waals surface area contributed by atoms with Crippen molar-refractivity contribution in [2.75, 3.05) is 31.3 Å². The Morgan fingerprint density at radius 2 is 1.74 bits per heavy atom. The molecule has 0 bridgehead atoms. The fourth-order valence-electron chi connectivity index (χ4n) is 4.86. The third-order valence-corrected chi connectivity index (χ3v) is 7.98. The van der Waals surface area contributed by atoms with Gasteiger partial charge in [-0.3, -0.25) is 13.9 Å². The molecule has 10 heteroatoms. The maximum Gasteiger partial charge on any atom is 0.244 e. The molecule has 208 valence electrons. The average Bonchev–Trinajstić information content (AvgIpc) is 2.91. The number of nitrogens with zero attached hydrogens (tertiary/aromatic N) is 2. The molecule has 1 aliphatic rings. The highest BCUT2D eigenvalue weighted by atomic mass is 32.2. The van der Waals surface area contributed by atoms with Crippen LogP contribution in [0.4, 0.5) is 5.69 Å². The van der Waals surface area contributed by atoms with Gasteiger partial charge >= 0.3 is 0 Å². The van der Waals surface area contributed by atoms with Crippen LogP contribution in [-0.4, -0.2) is 64.2 Å². The molecule has 1 N–H and O–H groups in total. The molecule has 9 nitrogen and oxygen atoms in total. The molecule has 0 radical (unpaired) electrons. The highest BCUT2D eigenvalue weighted by molar-refractivity contribution is 7.92. The number of anilines is 1. The fraction of sp³-hybridized carbons (Fsp3) is 0.500. The lowest BCUT2D eigenvalue weighted by molar-refractivity contribution is -0.140. The summed E-state index contributed by atoms with van der Waals surface area (Å²) in [6.45, 7) is 1.50. The van der Waals surface area contributed by atoms with Crippen LogP contribution in [0.1, 0.15) is 51.0 Å². The van der Waals surface area contributed by atoms with Crippen molar-refractivity contribution in [3.05, 3.63) is 54.1 Å². The minimum Gasteiger partial charge on any atom is -0.497 e. The van der Waals surface area contributed by atoms with E-state index in [1.54, 1.807) is 43.5 Å². The Kier molecular flexibility index (Phi) is 10.4. The van der Waals surface area contributed by atoms with Gasteiger partial charge in [0, 0.05) is 12.6 Å². The topological polar surface area (TPSA) is 105 Å². The summed E-state index contributed by atoms with van der Waals surface area (Å²) in [4.78, 5) is 28.8. The van der Waals surface area contributed by atoms with Gasteiger partial charge < -0.3 is 19.7 Å². The highest BCUT2D eigenvalue weighted by Crippen LogP contribution is 2.30. The van der Waals surface area contributed by atoms with E-state index in [0.29, 0.717) is 17.9 Å². The van der Waals surface area contributed by atoms with Gasteiger partial charge in [0.25, 0.3) is 0 Å². The van der Waals surface area contributed by atoms with Gasteiger partial charge in [0.05, 0.1) is 26.2 Å². The molecule has 1 atom stereocenters. The Morgan fingerprint density at radius 3 is 2.37 bits per heavy atom. The summed E-state index contributed by atoms with van der Waals surface area (Å²) in [5, 5.41) is 3.14. The zero-order valence-electron chi connectivity index (χ0n) is 22.7. The molecular weight excluding hydrogens is 506 g/mol. The Balaban J connectivity index is 1.95. The van der Waals surface area contributed by atoms with E-state index in [4.69, 9.17) is 9.47 Å². The van der Waals surface area contributed by atoms with Crippen LogP contribution in [0.3, 0.4) is 0 Å². The third kappa shape index (κ3) is 7.63. The summed E-state index contributed by atoms with van der Waals surface area (Å²) in [5.74, 6) is 0.238. The van der Waals surface area contributed by atoms with Crippen molar-refractivity contribution in [2.24, 2.45) is 0 Å². The molecule has 1 fully saturated rings. The highest BCUT2D eigenvalue weighted by Gasteiger charge is 2.33. The third-order valence-electron chi connectivity index (χ3n) is 6.86. The Morgan fingerprint density at radius 1 is 1.03 bits per heavy atom. The smallest absolute Gasteiger partial charge is 0.244 e. The van der Waals surface area contributed by atoms with Gasteiger partial charge in [-0.15, -0.1) is 0 Å².